The van der Waals surface area contributed by atoms with Crippen LogP contribution in [-0.2, 0) is 4.79 Å². The average molecular weight is 334 g/mol. The van der Waals surface area contributed by atoms with Crippen LogP contribution in [0.4, 0.5) is 5.69 Å². The van der Waals surface area contributed by atoms with Crippen LogP contribution in [0.1, 0.15) is 32.1 Å². The third-order valence-corrected chi connectivity index (χ3v) is 4.80. The number of nitrogens with one attached hydrogen (secondary N) is 1. The number of nitriles is 1. The molecule has 5 nitrogen and oxygen atoms in total. The smallest absolute Gasteiger partial charge is 0.266 e. The van der Waals surface area contributed by atoms with E-state index in [1.807, 2.05) is 36.4 Å². The second-order valence-electron chi connectivity index (χ2n) is 6.40. The highest BCUT2D eigenvalue weighted by Crippen LogP contribution is 2.23. The van der Waals surface area contributed by atoms with Crippen molar-refractivity contribution in [2.45, 2.75) is 38.1 Å². The first-order chi connectivity index (χ1) is 12.2. The Labute approximate surface area is 148 Å². The van der Waals surface area contributed by atoms with E-state index in [2.05, 4.69) is 10.3 Å². The lowest BCUT2D eigenvalue weighted by Gasteiger charge is -2.31. The third kappa shape index (κ3) is 3.80. The van der Waals surface area contributed by atoms with Crippen molar-refractivity contribution in [2.24, 2.45) is 0 Å². The minimum Gasteiger partial charge on any atom is -0.358 e. The van der Waals surface area contributed by atoms with Gasteiger partial charge in [0.15, 0.2) is 0 Å². The summed E-state index contributed by atoms with van der Waals surface area (Å²) >= 11 is 0. The molecule has 1 fully saturated rings. The molecule has 1 aliphatic carbocycles. The SMILES string of the molecule is CN(C(=O)/C(C#N)=C\Nc1cccc2cccnc12)C1CCCCC1. The van der Waals surface area contributed by atoms with Crippen LogP contribution < -0.4 is 5.32 Å². The lowest BCUT2D eigenvalue weighted by molar-refractivity contribution is -0.128. The number of anilines is 1. The molecule has 0 unspecified atom stereocenters. The first-order valence-corrected chi connectivity index (χ1v) is 8.68. The number of aromatic nitrogens is 1. The zero-order valence-electron chi connectivity index (χ0n) is 14.4. The van der Waals surface area contributed by atoms with Gasteiger partial charge in [0.2, 0.25) is 0 Å². The van der Waals surface area contributed by atoms with Crippen molar-refractivity contribution in [1.29, 1.82) is 5.26 Å². The van der Waals surface area contributed by atoms with Gasteiger partial charge < -0.3 is 10.2 Å². The molecule has 0 radical (unpaired) electrons. The lowest BCUT2D eigenvalue weighted by Crippen LogP contribution is -2.39. The summed E-state index contributed by atoms with van der Waals surface area (Å²) in [5, 5.41) is 13.5. The van der Waals surface area contributed by atoms with E-state index in [4.69, 9.17) is 0 Å². The standard InChI is InChI=1S/C20H22N4O/c1-24(17-9-3-2-4-10-17)20(25)16(13-21)14-23-18-11-5-7-15-8-6-12-22-19(15)18/h5-8,11-12,14,17,23H,2-4,9-10H2,1H3/b16-14-. The third-order valence-electron chi connectivity index (χ3n) is 4.80. The Hall–Kier alpha value is -2.87. The normalized spacial score (nSPS) is 15.6. The molecule has 1 heterocycles. The van der Waals surface area contributed by atoms with Crippen LogP contribution in [0.5, 0.6) is 0 Å². The number of hydrogen-bond donors (Lipinski definition) is 1. The summed E-state index contributed by atoms with van der Waals surface area (Å²) in [4.78, 5) is 18.7. The Morgan fingerprint density at radius 2 is 2.04 bits per heavy atom. The van der Waals surface area contributed by atoms with Crippen LogP contribution in [0.3, 0.4) is 0 Å². The fourth-order valence-electron chi connectivity index (χ4n) is 3.34. The Morgan fingerprint density at radius 1 is 1.28 bits per heavy atom. The summed E-state index contributed by atoms with van der Waals surface area (Å²) in [5.74, 6) is -0.227. The van der Waals surface area contributed by atoms with Gasteiger partial charge in [-0.1, -0.05) is 37.5 Å². The maximum absolute atomic E-state index is 12.6. The highest BCUT2D eigenvalue weighted by molar-refractivity contribution is 5.98. The quantitative estimate of drug-likeness (QED) is 0.681. The van der Waals surface area contributed by atoms with Gasteiger partial charge in [0.05, 0.1) is 11.2 Å². The van der Waals surface area contributed by atoms with Gasteiger partial charge in [-0.2, -0.15) is 5.26 Å². The fourth-order valence-corrected chi connectivity index (χ4v) is 3.34. The highest BCUT2D eigenvalue weighted by Gasteiger charge is 2.24. The largest absolute Gasteiger partial charge is 0.358 e. The molecule has 0 bridgehead atoms. The summed E-state index contributed by atoms with van der Waals surface area (Å²) < 4.78 is 0. The van der Waals surface area contributed by atoms with Gasteiger partial charge >= 0.3 is 0 Å². The second kappa shape index (κ2) is 7.80. The first-order valence-electron chi connectivity index (χ1n) is 8.68. The van der Waals surface area contributed by atoms with Gasteiger partial charge in [-0.15, -0.1) is 0 Å². The number of benzene rings is 1. The predicted octanol–water partition coefficient (Wildman–Crippen LogP) is 3.85. The molecule has 1 aromatic carbocycles. The molecule has 25 heavy (non-hydrogen) atoms. The number of amides is 1. The monoisotopic (exact) mass is 334 g/mol. The maximum Gasteiger partial charge on any atom is 0.266 e. The predicted molar refractivity (Wildman–Crippen MR) is 98.7 cm³/mol. The van der Waals surface area contributed by atoms with E-state index in [9.17, 15) is 10.1 Å². The number of nitrogens with zero attached hydrogens (tertiary/aromatic N) is 3. The molecule has 1 amide bonds. The number of carbonyl (C=O) groups is 1. The Morgan fingerprint density at radius 3 is 2.80 bits per heavy atom. The molecule has 5 heteroatoms. The van der Waals surface area contributed by atoms with E-state index in [0.717, 1.165) is 42.3 Å². The minimum absolute atomic E-state index is 0.112. The number of fused-ring (bicyclic) bond motifs is 1. The van der Waals surface area contributed by atoms with Gasteiger partial charge in [0.1, 0.15) is 11.6 Å². The maximum atomic E-state index is 12.6. The molecule has 3 rings (SSSR count). The molecule has 1 N–H and O–H groups in total. The fraction of sp³-hybridized carbons (Fsp3) is 0.350. The Kier molecular flexibility index (Phi) is 5.30. The van der Waals surface area contributed by atoms with E-state index in [-0.39, 0.29) is 17.5 Å². The molecule has 1 aliphatic rings. The lowest BCUT2D eigenvalue weighted by atomic mass is 9.94. The number of pyridine rings is 1. The topological polar surface area (TPSA) is 69.0 Å². The van der Waals surface area contributed by atoms with E-state index in [1.165, 1.54) is 12.6 Å². The molecule has 2 aromatic rings. The molecule has 0 aliphatic heterocycles. The van der Waals surface area contributed by atoms with E-state index in [0.29, 0.717) is 0 Å². The highest BCUT2D eigenvalue weighted by atomic mass is 16.2. The Balaban J connectivity index is 1.78. The van der Waals surface area contributed by atoms with Gasteiger partial charge in [-0.3, -0.25) is 9.78 Å². The summed E-state index contributed by atoms with van der Waals surface area (Å²) in [6.07, 6.45) is 8.77. The molecular formula is C20H22N4O. The van der Waals surface area contributed by atoms with Crippen LogP contribution in [0, 0.1) is 11.3 Å². The van der Waals surface area contributed by atoms with Gasteiger partial charge in [-0.25, -0.2) is 0 Å². The van der Waals surface area contributed by atoms with Crippen LogP contribution in [0.15, 0.2) is 48.3 Å². The summed E-state index contributed by atoms with van der Waals surface area (Å²) in [7, 11) is 1.79. The molecule has 128 valence electrons. The van der Waals surface area contributed by atoms with E-state index >= 15 is 0 Å². The van der Waals surface area contributed by atoms with Crippen LogP contribution in [0.2, 0.25) is 0 Å². The molecule has 0 saturated heterocycles. The zero-order valence-corrected chi connectivity index (χ0v) is 14.4. The van der Waals surface area contributed by atoms with Crippen molar-refractivity contribution < 1.29 is 4.79 Å². The summed E-state index contributed by atoms with van der Waals surface area (Å²) in [6, 6.07) is 11.9. The first kappa shape index (κ1) is 17.0. The zero-order chi connectivity index (χ0) is 17.6. The second-order valence-corrected chi connectivity index (χ2v) is 6.40. The van der Waals surface area contributed by atoms with Crippen molar-refractivity contribution >= 4 is 22.5 Å². The number of carbonyl (C=O) groups excluding carboxylic acids is 1. The van der Waals surface area contributed by atoms with Crippen LogP contribution in [0.25, 0.3) is 10.9 Å². The van der Waals surface area contributed by atoms with Crippen molar-refractivity contribution in [1.82, 2.24) is 9.88 Å². The molecule has 1 aromatic heterocycles. The summed E-state index contributed by atoms with van der Waals surface area (Å²) in [6.45, 7) is 0. The molecule has 1 saturated carbocycles. The van der Waals surface area contributed by atoms with E-state index in [1.54, 1.807) is 18.1 Å². The van der Waals surface area contributed by atoms with Crippen molar-refractivity contribution in [2.75, 3.05) is 12.4 Å². The van der Waals surface area contributed by atoms with Gasteiger partial charge in [-0.05, 0) is 25.0 Å². The number of hydrogen-bond acceptors (Lipinski definition) is 4. The van der Waals surface area contributed by atoms with Crippen molar-refractivity contribution in [3.05, 3.63) is 48.3 Å². The number of rotatable bonds is 4. The van der Waals surface area contributed by atoms with E-state index < -0.39 is 0 Å². The summed E-state index contributed by atoms with van der Waals surface area (Å²) in [5.41, 5.74) is 1.70. The van der Waals surface area contributed by atoms with Crippen LogP contribution >= 0.6 is 0 Å². The number of para-hydroxylation sites is 1. The van der Waals surface area contributed by atoms with Gasteiger partial charge in [0.25, 0.3) is 5.91 Å². The minimum atomic E-state index is -0.227. The number of likely N-dealkylation sites (N-methyl/N-ethyl adjacent to an activating group) is 1. The Bertz CT molecular complexity index is 826. The molecular weight excluding hydrogens is 312 g/mol. The van der Waals surface area contributed by atoms with Crippen molar-refractivity contribution in [3.8, 4) is 6.07 Å². The van der Waals surface area contributed by atoms with Crippen LogP contribution in [-0.4, -0.2) is 28.9 Å². The average Bonchev–Trinajstić information content (AvgIpc) is 2.68. The molecule has 0 spiro atoms. The molecule has 0 atom stereocenters. The van der Waals surface area contributed by atoms with Gasteiger partial charge in [0, 0.05) is 30.9 Å². The van der Waals surface area contributed by atoms with Crippen molar-refractivity contribution in [3.63, 3.8) is 0 Å².